The molecule has 6 heteroatoms. The van der Waals surface area contributed by atoms with Crippen molar-refractivity contribution < 1.29 is 9.32 Å². The molecule has 5 nitrogen and oxygen atoms in total. The molecule has 0 spiro atoms. The number of benzene rings is 2. The summed E-state index contributed by atoms with van der Waals surface area (Å²) < 4.78 is 6.55. The Bertz CT molecular complexity index is 1050. The molecule has 0 fully saturated rings. The Kier molecular flexibility index (Phi) is 3.69. The molecule has 2 aromatic carbocycles. The largest absolute Gasteiger partial charge is 0.331 e. The molecule has 0 saturated heterocycles. The molecule has 0 aliphatic carbocycles. The second-order valence-electron chi connectivity index (χ2n) is 5.95. The van der Waals surface area contributed by atoms with Crippen LogP contribution in [0.5, 0.6) is 0 Å². The van der Waals surface area contributed by atoms with Crippen molar-refractivity contribution in [3.63, 3.8) is 0 Å². The van der Waals surface area contributed by atoms with Gasteiger partial charge in [-0.3, -0.25) is 4.79 Å². The van der Waals surface area contributed by atoms with Crippen molar-refractivity contribution in [1.82, 2.24) is 15.1 Å². The van der Waals surface area contributed by atoms with Crippen LogP contribution >= 0.6 is 11.3 Å². The minimum absolute atomic E-state index is 0.0283. The number of carbonyl (C=O) groups is 1. The van der Waals surface area contributed by atoms with Gasteiger partial charge in [-0.2, -0.15) is 4.98 Å². The zero-order chi connectivity index (χ0) is 17.6. The number of fused-ring (bicyclic) bond motifs is 1. The van der Waals surface area contributed by atoms with E-state index in [9.17, 15) is 4.79 Å². The second kappa shape index (κ2) is 5.89. The highest BCUT2D eigenvalue weighted by Gasteiger charge is 2.16. The first-order chi connectivity index (χ1) is 12.0. The van der Waals surface area contributed by atoms with Crippen molar-refractivity contribution in [2.24, 2.45) is 0 Å². The van der Waals surface area contributed by atoms with E-state index in [1.54, 1.807) is 30.4 Å². The summed E-state index contributed by atoms with van der Waals surface area (Å²) in [7, 11) is 0. The Labute approximate surface area is 148 Å². The fourth-order valence-corrected chi connectivity index (χ4v) is 3.67. The van der Waals surface area contributed by atoms with E-state index >= 15 is 0 Å². The standard InChI is InChI=1S/C19H15N3O2S/c1-10-4-5-11(2)16-15(10)20-19(25-16)18-21-17(22-24-18)14-8-6-13(7-9-14)12(3)23/h4-9H,1-3H3. The van der Waals surface area contributed by atoms with Crippen molar-refractivity contribution in [2.45, 2.75) is 20.8 Å². The molecular weight excluding hydrogens is 334 g/mol. The monoisotopic (exact) mass is 349 g/mol. The maximum atomic E-state index is 11.4. The van der Waals surface area contributed by atoms with Crippen LogP contribution in [0.2, 0.25) is 0 Å². The number of nitrogens with zero attached hydrogens (tertiary/aromatic N) is 3. The van der Waals surface area contributed by atoms with E-state index < -0.39 is 0 Å². The lowest BCUT2D eigenvalue weighted by Gasteiger charge is -1.96. The van der Waals surface area contributed by atoms with Crippen LogP contribution in [-0.2, 0) is 0 Å². The summed E-state index contributed by atoms with van der Waals surface area (Å²) in [5.41, 5.74) is 4.75. The van der Waals surface area contributed by atoms with Crippen LogP contribution in [0.25, 0.3) is 32.5 Å². The summed E-state index contributed by atoms with van der Waals surface area (Å²) in [5.74, 6) is 0.920. The van der Waals surface area contributed by atoms with Crippen molar-refractivity contribution in [2.75, 3.05) is 0 Å². The van der Waals surface area contributed by atoms with E-state index in [1.165, 1.54) is 5.56 Å². The third-order valence-electron chi connectivity index (χ3n) is 4.10. The van der Waals surface area contributed by atoms with Gasteiger partial charge in [-0.1, -0.05) is 41.6 Å². The molecule has 4 rings (SSSR count). The van der Waals surface area contributed by atoms with Crippen LogP contribution in [0, 0.1) is 13.8 Å². The molecule has 0 amide bonds. The van der Waals surface area contributed by atoms with Crippen LogP contribution in [0.3, 0.4) is 0 Å². The van der Waals surface area contributed by atoms with Gasteiger partial charge < -0.3 is 4.52 Å². The topological polar surface area (TPSA) is 68.9 Å². The molecular formula is C19H15N3O2S. The number of aromatic nitrogens is 3. The highest BCUT2D eigenvalue weighted by atomic mass is 32.1. The SMILES string of the molecule is CC(=O)c1ccc(-c2noc(-c3nc4c(C)ccc(C)c4s3)n2)cc1. The highest BCUT2D eigenvalue weighted by molar-refractivity contribution is 7.21. The molecule has 124 valence electrons. The molecule has 0 N–H and O–H groups in total. The summed E-state index contributed by atoms with van der Waals surface area (Å²) in [4.78, 5) is 20.5. The van der Waals surface area contributed by atoms with Gasteiger partial charge in [-0.15, -0.1) is 11.3 Å². The van der Waals surface area contributed by atoms with Gasteiger partial charge in [-0.05, 0) is 31.9 Å². The van der Waals surface area contributed by atoms with E-state index in [0.717, 1.165) is 21.3 Å². The lowest BCUT2D eigenvalue weighted by atomic mass is 10.1. The Morgan fingerprint density at radius 1 is 1.00 bits per heavy atom. The summed E-state index contributed by atoms with van der Waals surface area (Å²) in [6, 6.07) is 11.3. The highest BCUT2D eigenvalue weighted by Crippen LogP contribution is 2.33. The van der Waals surface area contributed by atoms with Crippen LogP contribution in [0.15, 0.2) is 40.9 Å². The van der Waals surface area contributed by atoms with Gasteiger partial charge >= 0.3 is 0 Å². The third kappa shape index (κ3) is 2.74. The maximum Gasteiger partial charge on any atom is 0.287 e. The summed E-state index contributed by atoms with van der Waals surface area (Å²) in [5, 5.41) is 4.76. The zero-order valence-electron chi connectivity index (χ0n) is 14.0. The van der Waals surface area contributed by atoms with E-state index in [4.69, 9.17) is 4.52 Å². The average molecular weight is 349 g/mol. The number of rotatable bonds is 3. The molecule has 0 aliphatic heterocycles. The Hall–Kier alpha value is -2.86. The molecule has 0 saturated carbocycles. The van der Waals surface area contributed by atoms with Crippen LogP contribution < -0.4 is 0 Å². The Balaban J connectivity index is 1.73. The predicted octanol–water partition coefficient (Wildman–Crippen LogP) is 4.83. The fraction of sp³-hybridized carbons (Fsp3) is 0.158. The number of Topliss-reactive ketones (excluding diaryl/α,β-unsaturated/α-hetero) is 1. The molecule has 0 unspecified atom stereocenters. The van der Waals surface area contributed by atoms with Crippen LogP contribution in [0.4, 0.5) is 0 Å². The summed E-state index contributed by atoms with van der Waals surface area (Å²) in [6.45, 7) is 5.65. The predicted molar refractivity (Wildman–Crippen MR) is 97.8 cm³/mol. The smallest absolute Gasteiger partial charge is 0.287 e. The Morgan fingerprint density at radius 3 is 2.40 bits per heavy atom. The van der Waals surface area contributed by atoms with Crippen molar-refractivity contribution in [3.8, 4) is 22.3 Å². The van der Waals surface area contributed by atoms with Gasteiger partial charge in [-0.25, -0.2) is 4.98 Å². The molecule has 0 atom stereocenters. The number of hydrogen-bond donors (Lipinski definition) is 0. The maximum absolute atomic E-state index is 11.4. The van der Waals surface area contributed by atoms with E-state index in [0.29, 0.717) is 22.3 Å². The Morgan fingerprint density at radius 2 is 1.72 bits per heavy atom. The first-order valence-electron chi connectivity index (χ1n) is 7.85. The van der Waals surface area contributed by atoms with Crippen molar-refractivity contribution in [3.05, 3.63) is 53.1 Å². The molecule has 2 aromatic heterocycles. The second-order valence-corrected chi connectivity index (χ2v) is 6.95. The zero-order valence-corrected chi connectivity index (χ0v) is 14.8. The van der Waals surface area contributed by atoms with Crippen LogP contribution in [0.1, 0.15) is 28.4 Å². The van der Waals surface area contributed by atoms with Gasteiger partial charge in [0, 0.05) is 11.1 Å². The quantitative estimate of drug-likeness (QED) is 0.495. The van der Waals surface area contributed by atoms with E-state index in [-0.39, 0.29) is 5.78 Å². The first-order valence-corrected chi connectivity index (χ1v) is 8.67. The number of ketones is 1. The molecule has 0 aliphatic rings. The molecule has 0 radical (unpaired) electrons. The van der Waals surface area contributed by atoms with E-state index in [2.05, 4.69) is 34.2 Å². The molecule has 25 heavy (non-hydrogen) atoms. The molecule has 0 bridgehead atoms. The van der Waals surface area contributed by atoms with Gasteiger partial charge in [0.05, 0.1) is 10.2 Å². The number of carbonyl (C=O) groups excluding carboxylic acids is 1. The normalized spacial score (nSPS) is 11.2. The van der Waals surface area contributed by atoms with E-state index in [1.807, 2.05) is 19.1 Å². The van der Waals surface area contributed by atoms with Gasteiger partial charge in [0.15, 0.2) is 10.8 Å². The lowest BCUT2D eigenvalue weighted by Crippen LogP contribution is -1.91. The number of aryl methyl sites for hydroxylation is 2. The van der Waals surface area contributed by atoms with Crippen molar-refractivity contribution >= 4 is 27.3 Å². The van der Waals surface area contributed by atoms with Crippen LogP contribution in [-0.4, -0.2) is 20.9 Å². The lowest BCUT2D eigenvalue weighted by molar-refractivity contribution is 0.101. The average Bonchev–Trinajstić information content (AvgIpc) is 3.26. The molecule has 4 aromatic rings. The minimum atomic E-state index is 0.0283. The third-order valence-corrected chi connectivity index (χ3v) is 5.28. The number of hydrogen-bond acceptors (Lipinski definition) is 6. The first kappa shape index (κ1) is 15.7. The fourth-order valence-electron chi connectivity index (χ4n) is 2.63. The van der Waals surface area contributed by atoms with Gasteiger partial charge in [0.2, 0.25) is 5.82 Å². The van der Waals surface area contributed by atoms with Crippen molar-refractivity contribution in [1.29, 1.82) is 0 Å². The minimum Gasteiger partial charge on any atom is -0.331 e. The van der Waals surface area contributed by atoms with Gasteiger partial charge in [0.1, 0.15) is 0 Å². The summed E-state index contributed by atoms with van der Waals surface area (Å²) in [6.07, 6.45) is 0. The van der Waals surface area contributed by atoms with Gasteiger partial charge in [0.25, 0.3) is 5.89 Å². The number of thiazole rings is 1. The molecule has 2 heterocycles. The summed E-state index contributed by atoms with van der Waals surface area (Å²) >= 11 is 1.55.